The molecule has 1 aromatic carbocycles. The summed E-state index contributed by atoms with van der Waals surface area (Å²) in [6, 6.07) is 10.3. The molecule has 0 radical (unpaired) electrons. The lowest BCUT2D eigenvalue weighted by molar-refractivity contribution is 0.381. The Morgan fingerprint density at radius 1 is 1.00 bits per heavy atom. The Morgan fingerprint density at radius 2 is 1.71 bits per heavy atom. The molecule has 0 saturated carbocycles. The molecule has 0 aromatic heterocycles. The van der Waals surface area contributed by atoms with Crippen LogP contribution in [0.1, 0.15) is 19.3 Å². The van der Waals surface area contributed by atoms with Crippen molar-refractivity contribution in [3.05, 3.63) is 30.3 Å². The van der Waals surface area contributed by atoms with Crippen molar-refractivity contribution in [3.63, 3.8) is 0 Å². The number of benzene rings is 1. The van der Waals surface area contributed by atoms with E-state index in [4.69, 9.17) is 0 Å². The molecule has 1 heterocycles. The van der Waals surface area contributed by atoms with Crippen molar-refractivity contribution in [2.24, 2.45) is 0 Å². The lowest BCUT2D eigenvalue weighted by Crippen LogP contribution is -2.24. The second-order valence-corrected chi connectivity index (χ2v) is 4.45. The number of hydrogen-bond acceptors (Lipinski definition) is 3. The van der Waals surface area contributed by atoms with Gasteiger partial charge in [0, 0.05) is 30.9 Å². The van der Waals surface area contributed by atoms with Crippen LogP contribution in [0.4, 0.5) is 5.69 Å². The first-order chi connectivity index (χ1) is 6.95. The van der Waals surface area contributed by atoms with Crippen LogP contribution in [0, 0.1) is 0 Å². The Kier molecular flexibility index (Phi) is 3.72. The van der Waals surface area contributed by atoms with Crippen LogP contribution < -0.4 is 4.72 Å². The number of nitrogens with zero attached hydrogens (tertiary/aromatic N) is 1. The molecule has 1 aliphatic heterocycles. The van der Waals surface area contributed by atoms with Gasteiger partial charge in [-0.1, -0.05) is 24.6 Å². The molecule has 3 heteroatoms. The third-order valence-corrected chi connectivity index (χ3v) is 3.33. The van der Waals surface area contributed by atoms with Gasteiger partial charge in [0.05, 0.1) is 0 Å². The van der Waals surface area contributed by atoms with Crippen LogP contribution in [0.15, 0.2) is 30.3 Å². The fraction of sp³-hybridized carbons (Fsp3) is 0.455. The summed E-state index contributed by atoms with van der Waals surface area (Å²) in [5.74, 6) is 0. The van der Waals surface area contributed by atoms with Crippen molar-refractivity contribution >= 4 is 17.8 Å². The van der Waals surface area contributed by atoms with Crippen LogP contribution in [0.2, 0.25) is 0 Å². The zero-order valence-electron chi connectivity index (χ0n) is 8.28. The van der Waals surface area contributed by atoms with Crippen LogP contribution in [0.3, 0.4) is 0 Å². The van der Waals surface area contributed by atoms with Gasteiger partial charge >= 0.3 is 0 Å². The molecule has 1 aromatic rings. The van der Waals surface area contributed by atoms with Gasteiger partial charge in [-0.25, -0.2) is 4.31 Å². The Labute approximate surface area is 90.0 Å². The van der Waals surface area contributed by atoms with E-state index in [1.54, 1.807) is 12.1 Å². The predicted octanol–water partition coefficient (Wildman–Crippen LogP) is 3.15. The van der Waals surface area contributed by atoms with Crippen molar-refractivity contribution in [2.45, 2.75) is 19.3 Å². The first kappa shape index (κ1) is 9.87. The minimum absolute atomic E-state index is 1.18. The van der Waals surface area contributed by atoms with Crippen molar-refractivity contribution in [1.82, 2.24) is 4.31 Å². The van der Waals surface area contributed by atoms with E-state index in [1.165, 1.54) is 38.0 Å². The Hall–Kier alpha value is -0.670. The standard InChI is InChI=1S/C11H16N2S/c1-3-7-11(8-4-1)12-14-13-9-5-2-6-10-13/h1,3-4,7-8,12H,2,5-6,9-10H2. The molecular formula is C11H16N2S. The maximum atomic E-state index is 3.36. The van der Waals surface area contributed by atoms with Gasteiger partial charge in [-0.2, -0.15) is 0 Å². The third-order valence-electron chi connectivity index (χ3n) is 2.38. The minimum Gasteiger partial charge on any atom is -0.317 e. The first-order valence-corrected chi connectivity index (χ1v) is 5.95. The first-order valence-electron chi connectivity index (χ1n) is 5.18. The molecule has 14 heavy (non-hydrogen) atoms. The average molecular weight is 208 g/mol. The second-order valence-electron chi connectivity index (χ2n) is 3.55. The van der Waals surface area contributed by atoms with Gasteiger partial charge in [-0.3, -0.25) is 0 Å². The lowest BCUT2D eigenvalue weighted by Gasteiger charge is -2.24. The number of piperidine rings is 1. The number of nitrogens with one attached hydrogen (secondary N) is 1. The summed E-state index contributed by atoms with van der Waals surface area (Å²) in [5, 5.41) is 0. The fourth-order valence-electron chi connectivity index (χ4n) is 1.58. The summed E-state index contributed by atoms with van der Waals surface area (Å²) in [6.07, 6.45) is 4.06. The molecule has 0 unspecified atom stereocenters. The maximum Gasteiger partial charge on any atom is 0.0452 e. The summed E-state index contributed by atoms with van der Waals surface area (Å²) in [7, 11) is 0. The van der Waals surface area contributed by atoms with Crippen LogP contribution in [0.5, 0.6) is 0 Å². The van der Waals surface area contributed by atoms with E-state index in [0.29, 0.717) is 0 Å². The van der Waals surface area contributed by atoms with E-state index in [-0.39, 0.29) is 0 Å². The predicted molar refractivity (Wildman–Crippen MR) is 63.1 cm³/mol. The second kappa shape index (κ2) is 5.27. The molecule has 76 valence electrons. The molecule has 0 atom stereocenters. The zero-order chi connectivity index (χ0) is 9.64. The molecular weight excluding hydrogens is 192 g/mol. The highest BCUT2D eigenvalue weighted by Gasteiger charge is 2.09. The van der Waals surface area contributed by atoms with Crippen molar-refractivity contribution < 1.29 is 0 Å². The summed E-state index contributed by atoms with van der Waals surface area (Å²) in [6.45, 7) is 2.43. The van der Waals surface area contributed by atoms with Gasteiger partial charge < -0.3 is 4.72 Å². The number of rotatable bonds is 3. The van der Waals surface area contributed by atoms with E-state index < -0.39 is 0 Å². The minimum atomic E-state index is 1.18. The average Bonchev–Trinajstić information content (AvgIpc) is 2.29. The molecule has 0 spiro atoms. The van der Waals surface area contributed by atoms with Gasteiger partial charge in [0.1, 0.15) is 0 Å². The van der Waals surface area contributed by atoms with Crippen LogP contribution in [-0.4, -0.2) is 17.4 Å². The molecule has 0 amide bonds. The molecule has 1 aliphatic rings. The zero-order valence-corrected chi connectivity index (χ0v) is 9.09. The topological polar surface area (TPSA) is 15.3 Å². The van der Waals surface area contributed by atoms with E-state index in [2.05, 4.69) is 33.3 Å². The largest absolute Gasteiger partial charge is 0.317 e. The smallest absolute Gasteiger partial charge is 0.0452 e. The molecule has 2 nitrogen and oxygen atoms in total. The van der Waals surface area contributed by atoms with Gasteiger partial charge in [0.25, 0.3) is 0 Å². The molecule has 0 bridgehead atoms. The maximum absolute atomic E-state index is 3.36. The molecule has 1 fully saturated rings. The molecule has 1 N–H and O–H groups in total. The van der Waals surface area contributed by atoms with E-state index in [0.717, 1.165) is 0 Å². The lowest BCUT2D eigenvalue weighted by atomic mass is 10.2. The SMILES string of the molecule is c1ccc(NSN2CCCCC2)cc1. The van der Waals surface area contributed by atoms with Crippen LogP contribution in [-0.2, 0) is 0 Å². The van der Waals surface area contributed by atoms with E-state index in [9.17, 15) is 0 Å². The Morgan fingerprint density at radius 3 is 2.43 bits per heavy atom. The Bertz CT molecular complexity index is 257. The summed E-state index contributed by atoms with van der Waals surface area (Å²) >= 11 is 1.73. The molecule has 1 saturated heterocycles. The van der Waals surface area contributed by atoms with Gasteiger partial charge in [-0.15, -0.1) is 0 Å². The highest BCUT2D eigenvalue weighted by molar-refractivity contribution is 7.98. The summed E-state index contributed by atoms with van der Waals surface area (Å²) in [4.78, 5) is 0. The normalized spacial score (nSPS) is 18.0. The van der Waals surface area contributed by atoms with Crippen LogP contribution >= 0.6 is 12.1 Å². The van der Waals surface area contributed by atoms with Crippen molar-refractivity contribution in [3.8, 4) is 0 Å². The van der Waals surface area contributed by atoms with E-state index >= 15 is 0 Å². The van der Waals surface area contributed by atoms with Gasteiger partial charge in [0.15, 0.2) is 0 Å². The van der Waals surface area contributed by atoms with Crippen molar-refractivity contribution in [1.29, 1.82) is 0 Å². The van der Waals surface area contributed by atoms with Crippen molar-refractivity contribution in [2.75, 3.05) is 17.8 Å². The van der Waals surface area contributed by atoms with Gasteiger partial charge in [0.2, 0.25) is 0 Å². The molecule has 2 rings (SSSR count). The quantitative estimate of drug-likeness (QED) is 0.768. The van der Waals surface area contributed by atoms with E-state index in [1.807, 2.05) is 6.07 Å². The third kappa shape index (κ3) is 2.93. The summed E-state index contributed by atoms with van der Waals surface area (Å²) in [5.41, 5.74) is 1.18. The van der Waals surface area contributed by atoms with Crippen LogP contribution in [0.25, 0.3) is 0 Å². The highest BCUT2D eigenvalue weighted by Crippen LogP contribution is 2.20. The monoisotopic (exact) mass is 208 g/mol. The molecule has 0 aliphatic carbocycles. The summed E-state index contributed by atoms with van der Waals surface area (Å²) < 4.78 is 5.76. The number of hydrogen-bond donors (Lipinski definition) is 1. The van der Waals surface area contributed by atoms with Gasteiger partial charge in [-0.05, 0) is 25.0 Å². The highest BCUT2D eigenvalue weighted by atomic mass is 32.2. The fourth-order valence-corrected chi connectivity index (χ4v) is 2.39. The Balaban J connectivity index is 1.76. The number of para-hydroxylation sites is 1. The number of anilines is 1.